The number of sulfonamides is 1. The molecular formula is C23H26N4O6S2. The van der Waals surface area contributed by atoms with Crippen LogP contribution in [0, 0.1) is 0 Å². The fraction of sp³-hybridized carbons (Fsp3) is 0.304. The van der Waals surface area contributed by atoms with Gasteiger partial charge >= 0.3 is 0 Å². The molecule has 0 spiro atoms. The van der Waals surface area contributed by atoms with E-state index in [1.54, 1.807) is 19.2 Å². The molecule has 1 fully saturated rings. The number of nitrogens with one attached hydrogen (secondary N) is 2. The second-order valence-corrected chi connectivity index (χ2v) is 10.3. The predicted octanol–water partition coefficient (Wildman–Crippen LogP) is 2.90. The van der Waals surface area contributed by atoms with Crippen molar-refractivity contribution in [1.82, 2.24) is 9.29 Å². The lowest BCUT2D eigenvalue weighted by Crippen LogP contribution is -2.40. The summed E-state index contributed by atoms with van der Waals surface area (Å²) >= 11 is 1.48. The third-order valence-electron chi connectivity index (χ3n) is 5.29. The number of hydrogen-bond acceptors (Lipinski definition) is 9. The molecule has 0 unspecified atom stereocenters. The van der Waals surface area contributed by atoms with Crippen molar-refractivity contribution in [1.29, 1.82) is 0 Å². The molecule has 0 aliphatic carbocycles. The van der Waals surface area contributed by atoms with Crippen LogP contribution in [-0.4, -0.2) is 70.7 Å². The fourth-order valence-corrected chi connectivity index (χ4v) is 5.55. The maximum absolute atomic E-state index is 12.7. The Labute approximate surface area is 207 Å². The quantitative estimate of drug-likeness (QED) is 0.444. The van der Waals surface area contributed by atoms with Gasteiger partial charge < -0.3 is 24.8 Å². The van der Waals surface area contributed by atoms with E-state index in [-0.39, 0.29) is 17.4 Å². The number of anilines is 2. The van der Waals surface area contributed by atoms with Gasteiger partial charge in [0.1, 0.15) is 11.5 Å². The molecule has 1 aliphatic rings. The highest BCUT2D eigenvalue weighted by Crippen LogP contribution is 2.32. The number of thiazole rings is 1. The smallest absolute Gasteiger partial charge is 0.262 e. The highest BCUT2D eigenvalue weighted by molar-refractivity contribution is 7.89. The zero-order valence-electron chi connectivity index (χ0n) is 19.3. The van der Waals surface area contributed by atoms with Gasteiger partial charge in [0.2, 0.25) is 10.0 Å². The van der Waals surface area contributed by atoms with Crippen molar-refractivity contribution in [2.45, 2.75) is 4.90 Å². The summed E-state index contributed by atoms with van der Waals surface area (Å²) < 4.78 is 43.0. The summed E-state index contributed by atoms with van der Waals surface area (Å²) in [5, 5.41) is 8.51. The van der Waals surface area contributed by atoms with Crippen LogP contribution in [0.3, 0.4) is 0 Å². The van der Waals surface area contributed by atoms with Gasteiger partial charge in [-0.1, -0.05) is 0 Å². The molecule has 0 saturated carbocycles. The van der Waals surface area contributed by atoms with Crippen LogP contribution < -0.4 is 20.1 Å². The summed E-state index contributed by atoms with van der Waals surface area (Å²) in [6.45, 7) is 1.15. The Balaban J connectivity index is 1.38. The zero-order valence-corrected chi connectivity index (χ0v) is 20.9. The van der Waals surface area contributed by atoms with E-state index in [2.05, 4.69) is 15.6 Å². The van der Waals surface area contributed by atoms with Gasteiger partial charge in [-0.25, -0.2) is 13.4 Å². The highest BCUT2D eigenvalue weighted by Gasteiger charge is 2.26. The van der Waals surface area contributed by atoms with Crippen LogP contribution in [0.4, 0.5) is 10.8 Å². The molecule has 2 N–H and O–H groups in total. The number of benzene rings is 2. The van der Waals surface area contributed by atoms with Crippen molar-refractivity contribution in [2.24, 2.45) is 0 Å². The standard InChI is InChI=1S/C23H26N4O6S2/c1-24-23-26-20(15-34-23)16-3-8-21(31-2)19(13-16)25-22(28)14-33-17-4-6-18(7-5-17)35(29,30)27-9-11-32-12-10-27/h3-8,13,15H,9-12,14H2,1-2H3,(H,24,26)(H,25,28). The number of rotatable bonds is 9. The summed E-state index contributed by atoms with van der Waals surface area (Å²) in [5.41, 5.74) is 2.10. The number of nitrogens with zero attached hydrogens (tertiary/aromatic N) is 2. The first-order valence-corrected chi connectivity index (χ1v) is 13.1. The van der Waals surface area contributed by atoms with E-state index < -0.39 is 10.0 Å². The fourth-order valence-electron chi connectivity index (χ4n) is 3.47. The largest absolute Gasteiger partial charge is 0.495 e. The Hall–Kier alpha value is -3.19. The lowest BCUT2D eigenvalue weighted by atomic mass is 10.1. The zero-order chi connectivity index (χ0) is 24.8. The Morgan fingerprint density at radius 2 is 1.91 bits per heavy atom. The van der Waals surface area contributed by atoms with Crippen molar-refractivity contribution in [3.05, 3.63) is 47.8 Å². The van der Waals surface area contributed by atoms with Crippen LogP contribution in [-0.2, 0) is 19.6 Å². The van der Waals surface area contributed by atoms with Gasteiger partial charge in [-0.2, -0.15) is 4.31 Å². The summed E-state index contributed by atoms with van der Waals surface area (Å²) in [4.78, 5) is 17.2. The van der Waals surface area contributed by atoms with E-state index >= 15 is 0 Å². The SMILES string of the molecule is CNc1nc(-c2ccc(OC)c(NC(=O)COc3ccc(S(=O)(=O)N4CCOCC4)cc3)c2)cs1. The molecular weight excluding hydrogens is 492 g/mol. The second-order valence-electron chi connectivity index (χ2n) is 7.53. The third kappa shape index (κ3) is 5.90. The Morgan fingerprint density at radius 3 is 2.57 bits per heavy atom. The van der Waals surface area contributed by atoms with Crippen LogP contribution in [0.15, 0.2) is 52.7 Å². The summed E-state index contributed by atoms with van der Waals surface area (Å²) in [6.07, 6.45) is 0. The number of methoxy groups -OCH3 is 1. The summed E-state index contributed by atoms with van der Waals surface area (Å²) in [6, 6.07) is 11.4. The molecule has 12 heteroatoms. The number of morpholine rings is 1. The lowest BCUT2D eigenvalue weighted by molar-refractivity contribution is -0.118. The average Bonchev–Trinajstić information content (AvgIpc) is 3.38. The minimum absolute atomic E-state index is 0.168. The van der Waals surface area contributed by atoms with E-state index in [0.29, 0.717) is 43.5 Å². The minimum atomic E-state index is -3.59. The van der Waals surface area contributed by atoms with E-state index in [1.165, 1.54) is 47.0 Å². The van der Waals surface area contributed by atoms with E-state index in [4.69, 9.17) is 14.2 Å². The molecule has 0 atom stereocenters. The molecule has 1 aliphatic heterocycles. The number of aromatic nitrogens is 1. The molecule has 3 aromatic rings. The predicted molar refractivity (Wildman–Crippen MR) is 134 cm³/mol. The topological polar surface area (TPSA) is 119 Å². The third-order valence-corrected chi connectivity index (χ3v) is 8.06. The number of carbonyl (C=O) groups excluding carboxylic acids is 1. The van der Waals surface area contributed by atoms with Crippen molar-refractivity contribution < 1.29 is 27.4 Å². The monoisotopic (exact) mass is 518 g/mol. The minimum Gasteiger partial charge on any atom is -0.495 e. The van der Waals surface area contributed by atoms with E-state index in [1.807, 2.05) is 11.4 Å². The van der Waals surface area contributed by atoms with Gasteiger partial charge in [-0.3, -0.25) is 4.79 Å². The molecule has 0 bridgehead atoms. The number of ether oxygens (including phenoxy) is 3. The van der Waals surface area contributed by atoms with Gasteiger partial charge in [0.05, 0.1) is 36.6 Å². The first-order valence-electron chi connectivity index (χ1n) is 10.8. The molecule has 2 aromatic carbocycles. The van der Waals surface area contributed by atoms with Gasteiger partial charge in [0.25, 0.3) is 5.91 Å². The normalized spacial score (nSPS) is 14.3. The molecule has 186 valence electrons. The van der Waals surface area contributed by atoms with Crippen molar-refractivity contribution in [3.8, 4) is 22.8 Å². The molecule has 1 saturated heterocycles. The first kappa shape index (κ1) is 24.9. The molecule has 35 heavy (non-hydrogen) atoms. The van der Waals surface area contributed by atoms with Crippen molar-refractivity contribution >= 4 is 38.1 Å². The number of carbonyl (C=O) groups is 1. The van der Waals surface area contributed by atoms with E-state index in [9.17, 15) is 13.2 Å². The van der Waals surface area contributed by atoms with Crippen LogP contribution in [0.2, 0.25) is 0 Å². The molecule has 1 amide bonds. The molecule has 1 aromatic heterocycles. The molecule has 4 rings (SSSR count). The Kier molecular flexibility index (Phi) is 7.86. The van der Waals surface area contributed by atoms with Gasteiger partial charge in [0, 0.05) is 31.1 Å². The van der Waals surface area contributed by atoms with Gasteiger partial charge in [-0.15, -0.1) is 11.3 Å². The van der Waals surface area contributed by atoms with Gasteiger partial charge in [0.15, 0.2) is 11.7 Å². The molecule has 10 nitrogen and oxygen atoms in total. The number of amides is 1. The summed E-state index contributed by atoms with van der Waals surface area (Å²) in [7, 11) is -0.262. The summed E-state index contributed by atoms with van der Waals surface area (Å²) in [5.74, 6) is 0.493. The second kappa shape index (κ2) is 11.0. The first-order chi connectivity index (χ1) is 16.9. The number of hydrogen-bond donors (Lipinski definition) is 2. The highest BCUT2D eigenvalue weighted by atomic mass is 32.2. The van der Waals surface area contributed by atoms with Crippen molar-refractivity contribution in [2.75, 3.05) is 57.7 Å². The Morgan fingerprint density at radius 1 is 1.17 bits per heavy atom. The molecule has 0 radical (unpaired) electrons. The maximum atomic E-state index is 12.7. The average molecular weight is 519 g/mol. The van der Waals surface area contributed by atoms with Crippen molar-refractivity contribution in [3.63, 3.8) is 0 Å². The van der Waals surface area contributed by atoms with Crippen LogP contribution in [0.5, 0.6) is 11.5 Å². The van der Waals surface area contributed by atoms with E-state index in [0.717, 1.165) is 16.4 Å². The van der Waals surface area contributed by atoms with Gasteiger partial charge in [-0.05, 0) is 42.5 Å². The van der Waals surface area contributed by atoms with Crippen LogP contribution in [0.25, 0.3) is 11.3 Å². The Bertz CT molecular complexity index is 1270. The van der Waals surface area contributed by atoms with Crippen LogP contribution >= 0.6 is 11.3 Å². The molecule has 2 heterocycles. The maximum Gasteiger partial charge on any atom is 0.262 e. The van der Waals surface area contributed by atoms with Crippen LogP contribution in [0.1, 0.15) is 0 Å². The lowest BCUT2D eigenvalue weighted by Gasteiger charge is -2.26.